The van der Waals surface area contributed by atoms with Gasteiger partial charge in [-0.05, 0) is 12.8 Å². The Hall–Kier alpha value is -1.63. The molecule has 0 aliphatic carbocycles. The van der Waals surface area contributed by atoms with Crippen molar-refractivity contribution in [2.45, 2.75) is 96.4 Å². The SMILES string of the molecule is CCCCCCCCCCCCOC(=O)CCNC(CCC(=O)O)C(=O)O. The Morgan fingerprint density at radius 1 is 0.852 bits per heavy atom. The van der Waals surface area contributed by atoms with E-state index in [4.69, 9.17) is 14.9 Å². The van der Waals surface area contributed by atoms with Gasteiger partial charge in [0.2, 0.25) is 0 Å². The molecule has 0 bridgehead atoms. The molecule has 1 atom stereocenters. The van der Waals surface area contributed by atoms with Gasteiger partial charge < -0.3 is 20.3 Å². The fraction of sp³-hybridized carbons (Fsp3) is 0.850. The summed E-state index contributed by atoms with van der Waals surface area (Å²) in [6, 6.07) is -0.962. The van der Waals surface area contributed by atoms with Crippen molar-refractivity contribution in [1.29, 1.82) is 0 Å². The van der Waals surface area contributed by atoms with Crippen LogP contribution in [0.5, 0.6) is 0 Å². The van der Waals surface area contributed by atoms with Gasteiger partial charge in [-0.2, -0.15) is 0 Å². The van der Waals surface area contributed by atoms with Crippen molar-refractivity contribution in [2.75, 3.05) is 13.2 Å². The van der Waals surface area contributed by atoms with Crippen LogP contribution in [0.3, 0.4) is 0 Å². The third kappa shape index (κ3) is 17.5. The van der Waals surface area contributed by atoms with Crippen molar-refractivity contribution in [3.05, 3.63) is 0 Å². The molecular formula is C20H37NO6. The number of esters is 1. The zero-order chi connectivity index (χ0) is 20.3. The Morgan fingerprint density at radius 2 is 1.41 bits per heavy atom. The Labute approximate surface area is 162 Å². The van der Waals surface area contributed by atoms with E-state index in [0.717, 1.165) is 19.3 Å². The summed E-state index contributed by atoms with van der Waals surface area (Å²) in [4.78, 5) is 33.1. The third-order valence-electron chi connectivity index (χ3n) is 4.43. The van der Waals surface area contributed by atoms with E-state index in [1.54, 1.807) is 0 Å². The number of hydrogen-bond acceptors (Lipinski definition) is 5. The first-order valence-electron chi connectivity index (χ1n) is 10.3. The van der Waals surface area contributed by atoms with Gasteiger partial charge in [-0.15, -0.1) is 0 Å². The molecule has 7 heteroatoms. The first-order valence-corrected chi connectivity index (χ1v) is 10.3. The summed E-state index contributed by atoms with van der Waals surface area (Å²) in [6.45, 7) is 2.78. The Bertz CT molecular complexity index is 413. The highest BCUT2D eigenvalue weighted by molar-refractivity contribution is 5.75. The summed E-state index contributed by atoms with van der Waals surface area (Å²) >= 11 is 0. The molecule has 0 aliphatic heterocycles. The summed E-state index contributed by atoms with van der Waals surface area (Å²) < 4.78 is 5.13. The highest BCUT2D eigenvalue weighted by Crippen LogP contribution is 2.10. The average Bonchev–Trinajstić information content (AvgIpc) is 2.62. The van der Waals surface area contributed by atoms with Crippen molar-refractivity contribution in [1.82, 2.24) is 5.32 Å². The molecule has 0 saturated heterocycles. The first-order chi connectivity index (χ1) is 13.0. The smallest absolute Gasteiger partial charge is 0.320 e. The monoisotopic (exact) mass is 387 g/mol. The lowest BCUT2D eigenvalue weighted by Gasteiger charge is -2.13. The number of hydrogen-bond donors (Lipinski definition) is 3. The van der Waals surface area contributed by atoms with Crippen LogP contribution in [0, 0.1) is 0 Å². The van der Waals surface area contributed by atoms with Crippen LogP contribution in [0.1, 0.15) is 90.4 Å². The topological polar surface area (TPSA) is 113 Å². The molecule has 0 amide bonds. The highest BCUT2D eigenvalue weighted by Gasteiger charge is 2.18. The fourth-order valence-electron chi connectivity index (χ4n) is 2.78. The zero-order valence-electron chi connectivity index (χ0n) is 16.7. The second-order valence-electron chi connectivity index (χ2n) is 6.93. The molecule has 0 aromatic rings. The standard InChI is InChI=1S/C20H37NO6/c1-2-3-4-5-6-7-8-9-10-11-16-27-19(24)14-15-21-17(20(25)26)12-13-18(22)23/h17,21H,2-16H2,1H3,(H,22,23)(H,25,26). The number of ether oxygens (including phenoxy) is 1. The molecule has 158 valence electrons. The maximum absolute atomic E-state index is 11.6. The van der Waals surface area contributed by atoms with Crippen molar-refractivity contribution in [3.63, 3.8) is 0 Å². The van der Waals surface area contributed by atoms with Crippen LogP contribution in [0.2, 0.25) is 0 Å². The number of unbranched alkanes of at least 4 members (excludes halogenated alkanes) is 9. The number of carboxylic acid groups (broad SMARTS) is 2. The molecular weight excluding hydrogens is 350 g/mol. The molecule has 0 rings (SSSR count). The largest absolute Gasteiger partial charge is 0.481 e. The number of carboxylic acids is 2. The van der Waals surface area contributed by atoms with Gasteiger partial charge in [-0.1, -0.05) is 64.7 Å². The second kappa shape index (κ2) is 17.8. The van der Waals surface area contributed by atoms with E-state index in [0.29, 0.717) is 6.61 Å². The third-order valence-corrected chi connectivity index (χ3v) is 4.43. The molecule has 7 nitrogen and oxygen atoms in total. The lowest BCUT2D eigenvalue weighted by atomic mass is 10.1. The van der Waals surface area contributed by atoms with Crippen LogP contribution in [0.4, 0.5) is 0 Å². The first kappa shape index (κ1) is 25.4. The second-order valence-corrected chi connectivity index (χ2v) is 6.93. The van der Waals surface area contributed by atoms with Gasteiger partial charge in [0, 0.05) is 13.0 Å². The van der Waals surface area contributed by atoms with E-state index < -0.39 is 18.0 Å². The summed E-state index contributed by atoms with van der Waals surface area (Å²) in [5.41, 5.74) is 0. The van der Waals surface area contributed by atoms with E-state index >= 15 is 0 Å². The van der Waals surface area contributed by atoms with Gasteiger partial charge in [0.1, 0.15) is 6.04 Å². The van der Waals surface area contributed by atoms with Crippen LogP contribution in [0.15, 0.2) is 0 Å². The average molecular weight is 388 g/mol. The number of carbonyl (C=O) groups is 3. The Balaban J connectivity index is 3.52. The van der Waals surface area contributed by atoms with Gasteiger partial charge in [-0.25, -0.2) is 0 Å². The molecule has 0 fully saturated rings. The summed E-state index contributed by atoms with van der Waals surface area (Å²) in [6.07, 6.45) is 12.0. The van der Waals surface area contributed by atoms with Crippen LogP contribution in [-0.4, -0.2) is 47.3 Å². The van der Waals surface area contributed by atoms with Gasteiger partial charge in [-0.3, -0.25) is 14.4 Å². The van der Waals surface area contributed by atoms with E-state index in [9.17, 15) is 14.4 Å². The minimum absolute atomic E-state index is 0.0156. The molecule has 0 aromatic heterocycles. The van der Waals surface area contributed by atoms with Crippen LogP contribution in [0.25, 0.3) is 0 Å². The Morgan fingerprint density at radius 3 is 1.93 bits per heavy atom. The Kier molecular flexibility index (Phi) is 16.7. The maximum atomic E-state index is 11.6. The molecule has 0 aromatic carbocycles. The highest BCUT2D eigenvalue weighted by atomic mass is 16.5. The maximum Gasteiger partial charge on any atom is 0.320 e. The molecule has 0 radical (unpaired) electrons. The lowest BCUT2D eigenvalue weighted by molar-refractivity contribution is -0.145. The number of aliphatic carboxylic acids is 2. The van der Waals surface area contributed by atoms with Gasteiger partial charge in [0.15, 0.2) is 0 Å². The van der Waals surface area contributed by atoms with Crippen LogP contribution >= 0.6 is 0 Å². The molecule has 0 heterocycles. The number of nitrogens with one attached hydrogen (secondary N) is 1. The van der Waals surface area contributed by atoms with Crippen molar-refractivity contribution in [3.8, 4) is 0 Å². The number of rotatable bonds is 19. The van der Waals surface area contributed by atoms with Crippen LogP contribution in [-0.2, 0) is 19.1 Å². The molecule has 1 unspecified atom stereocenters. The summed E-state index contributed by atoms with van der Waals surface area (Å²) in [7, 11) is 0. The minimum Gasteiger partial charge on any atom is -0.481 e. The zero-order valence-corrected chi connectivity index (χ0v) is 16.7. The number of carbonyl (C=O) groups excluding carboxylic acids is 1. The van der Waals surface area contributed by atoms with Crippen LogP contribution < -0.4 is 5.32 Å². The van der Waals surface area contributed by atoms with Gasteiger partial charge >= 0.3 is 17.9 Å². The molecule has 3 N–H and O–H groups in total. The van der Waals surface area contributed by atoms with Crippen molar-refractivity contribution >= 4 is 17.9 Å². The van der Waals surface area contributed by atoms with Gasteiger partial charge in [0.25, 0.3) is 0 Å². The molecule has 0 aliphatic rings. The normalized spacial score (nSPS) is 11.9. The predicted molar refractivity (Wildman–Crippen MR) is 104 cm³/mol. The predicted octanol–water partition coefficient (Wildman–Crippen LogP) is 3.75. The quantitative estimate of drug-likeness (QED) is 0.228. The van der Waals surface area contributed by atoms with E-state index in [1.165, 1.54) is 44.9 Å². The minimum atomic E-state index is -1.12. The fourth-order valence-corrected chi connectivity index (χ4v) is 2.78. The van der Waals surface area contributed by atoms with E-state index in [2.05, 4.69) is 12.2 Å². The van der Waals surface area contributed by atoms with E-state index in [-0.39, 0.29) is 31.8 Å². The molecule has 27 heavy (non-hydrogen) atoms. The summed E-state index contributed by atoms with van der Waals surface area (Å²) in [5.74, 6) is -2.52. The summed E-state index contributed by atoms with van der Waals surface area (Å²) in [5, 5.41) is 20.3. The van der Waals surface area contributed by atoms with Crippen molar-refractivity contribution < 1.29 is 29.3 Å². The van der Waals surface area contributed by atoms with Gasteiger partial charge in [0.05, 0.1) is 13.0 Å². The van der Waals surface area contributed by atoms with Crippen molar-refractivity contribution in [2.24, 2.45) is 0 Å². The lowest BCUT2D eigenvalue weighted by Crippen LogP contribution is -2.38. The molecule has 0 spiro atoms. The molecule has 0 saturated carbocycles. The van der Waals surface area contributed by atoms with E-state index in [1.807, 2.05) is 0 Å².